The smallest absolute Gasteiger partial charge is 0.258 e. The Labute approximate surface area is 146 Å². The first kappa shape index (κ1) is 17.6. The zero-order valence-electron chi connectivity index (χ0n) is 12.9. The van der Waals surface area contributed by atoms with Gasteiger partial charge in [-0.15, -0.1) is 0 Å². The highest BCUT2D eigenvalue weighted by Gasteiger charge is 2.14. The summed E-state index contributed by atoms with van der Waals surface area (Å²) in [6.45, 7) is 2.01. The zero-order chi connectivity index (χ0) is 16.7. The van der Waals surface area contributed by atoms with Gasteiger partial charge in [0.25, 0.3) is 5.91 Å². The molecule has 1 N–H and O–H groups in total. The van der Waals surface area contributed by atoms with Crippen LogP contribution in [0.4, 0.5) is 0 Å². The highest BCUT2D eigenvalue weighted by molar-refractivity contribution is 6.34. The van der Waals surface area contributed by atoms with Crippen molar-refractivity contribution >= 4 is 29.1 Å². The molecule has 0 aromatic heterocycles. The quantitative estimate of drug-likeness (QED) is 0.759. The molecule has 0 saturated heterocycles. The molecule has 0 bridgehead atoms. The average Bonchev–Trinajstić information content (AvgIpc) is 2.52. The SMILES string of the molecule is CCC[C@H](NC(=O)COc1cc(Cl)cc(Cl)c1)c1ccccc1. The molecular weight excluding hydrogens is 333 g/mol. The molecule has 0 aliphatic heterocycles. The van der Waals surface area contributed by atoms with Crippen LogP contribution in [0, 0.1) is 0 Å². The Balaban J connectivity index is 1.94. The predicted octanol–water partition coefficient (Wildman–Crippen LogP) is 5.03. The number of rotatable bonds is 7. The summed E-state index contributed by atoms with van der Waals surface area (Å²) in [7, 11) is 0. The van der Waals surface area contributed by atoms with Gasteiger partial charge in [0, 0.05) is 10.0 Å². The van der Waals surface area contributed by atoms with Crippen molar-refractivity contribution in [2.75, 3.05) is 6.61 Å². The van der Waals surface area contributed by atoms with Crippen molar-refractivity contribution in [1.82, 2.24) is 5.32 Å². The summed E-state index contributed by atoms with van der Waals surface area (Å²) in [6, 6.07) is 14.8. The second kappa shape index (κ2) is 8.80. The van der Waals surface area contributed by atoms with Gasteiger partial charge in [-0.2, -0.15) is 0 Å². The summed E-state index contributed by atoms with van der Waals surface area (Å²) >= 11 is 11.8. The van der Waals surface area contributed by atoms with Gasteiger partial charge in [-0.3, -0.25) is 4.79 Å². The molecule has 1 amide bonds. The number of amides is 1. The van der Waals surface area contributed by atoms with Crippen LogP contribution in [-0.4, -0.2) is 12.5 Å². The molecule has 0 unspecified atom stereocenters. The monoisotopic (exact) mass is 351 g/mol. The van der Waals surface area contributed by atoms with E-state index in [2.05, 4.69) is 12.2 Å². The number of benzene rings is 2. The van der Waals surface area contributed by atoms with E-state index in [0.29, 0.717) is 15.8 Å². The van der Waals surface area contributed by atoms with Crippen LogP contribution in [0.2, 0.25) is 10.0 Å². The summed E-state index contributed by atoms with van der Waals surface area (Å²) in [5.74, 6) is 0.299. The highest BCUT2D eigenvalue weighted by Crippen LogP contribution is 2.24. The Bertz CT molecular complexity index is 626. The topological polar surface area (TPSA) is 38.3 Å². The largest absolute Gasteiger partial charge is 0.484 e. The van der Waals surface area contributed by atoms with Gasteiger partial charge < -0.3 is 10.1 Å². The molecule has 0 spiro atoms. The molecule has 0 radical (unpaired) electrons. The van der Waals surface area contributed by atoms with E-state index in [1.807, 2.05) is 30.3 Å². The Morgan fingerprint density at radius 2 is 1.78 bits per heavy atom. The first-order valence-corrected chi connectivity index (χ1v) is 8.27. The lowest BCUT2D eigenvalue weighted by molar-refractivity contribution is -0.123. The maximum atomic E-state index is 12.1. The molecule has 2 aromatic rings. The number of carbonyl (C=O) groups excluding carboxylic acids is 1. The van der Waals surface area contributed by atoms with E-state index < -0.39 is 0 Å². The Morgan fingerprint density at radius 1 is 1.13 bits per heavy atom. The lowest BCUT2D eigenvalue weighted by Gasteiger charge is -2.19. The predicted molar refractivity (Wildman–Crippen MR) is 94.2 cm³/mol. The van der Waals surface area contributed by atoms with Crippen molar-refractivity contribution < 1.29 is 9.53 Å². The van der Waals surface area contributed by atoms with Crippen LogP contribution in [0.15, 0.2) is 48.5 Å². The molecule has 2 rings (SSSR count). The average molecular weight is 352 g/mol. The maximum Gasteiger partial charge on any atom is 0.258 e. The van der Waals surface area contributed by atoms with Gasteiger partial charge in [0.2, 0.25) is 0 Å². The third kappa shape index (κ3) is 5.77. The highest BCUT2D eigenvalue weighted by atomic mass is 35.5. The molecule has 5 heteroatoms. The number of halogens is 2. The molecule has 3 nitrogen and oxygen atoms in total. The lowest BCUT2D eigenvalue weighted by atomic mass is 10.0. The van der Waals surface area contributed by atoms with Gasteiger partial charge in [-0.05, 0) is 30.2 Å². The van der Waals surface area contributed by atoms with Crippen molar-refractivity contribution in [2.24, 2.45) is 0 Å². The van der Waals surface area contributed by atoms with Gasteiger partial charge in [-0.1, -0.05) is 66.9 Å². The van der Waals surface area contributed by atoms with Gasteiger partial charge in [0.1, 0.15) is 5.75 Å². The number of hydrogen-bond donors (Lipinski definition) is 1. The number of hydrogen-bond acceptors (Lipinski definition) is 2. The number of ether oxygens (including phenoxy) is 1. The zero-order valence-corrected chi connectivity index (χ0v) is 14.4. The van der Waals surface area contributed by atoms with Gasteiger partial charge in [-0.25, -0.2) is 0 Å². The van der Waals surface area contributed by atoms with Crippen molar-refractivity contribution in [2.45, 2.75) is 25.8 Å². The van der Waals surface area contributed by atoms with Crippen LogP contribution in [0.25, 0.3) is 0 Å². The molecule has 2 aromatic carbocycles. The summed E-state index contributed by atoms with van der Waals surface area (Å²) in [4.78, 5) is 12.1. The summed E-state index contributed by atoms with van der Waals surface area (Å²) in [5, 5.41) is 3.95. The summed E-state index contributed by atoms with van der Waals surface area (Å²) in [6.07, 6.45) is 1.85. The Kier molecular flexibility index (Phi) is 6.75. The maximum absolute atomic E-state index is 12.1. The van der Waals surface area contributed by atoms with Gasteiger partial charge >= 0.3 is 0 Å². The minimum Gasteiger partial charge on any atom is -0.484 e. The fourth-order valence-electron chi connectivity index (χ4n) is 2.29. The standard InChI is InChI=1S/C18H19Cl2NO2/c1-2-6-17(13-7-4-3-5-8-13)21-18(22)12-23-16-10-14(19)9-15(20)11-16/h3-5,7-11,17H,2,6,12H2,1H3,(H,21,22)/t17-/m0/s1. The normalized spacial score (nSPS) is 11.8. The fourth-order valence-corrected chi connectivity index (χ4v) is 2.80. The Hall–Kier alpha value is -1.71. The van der Waals surface area contributed by atoms with E-state index in [4.69, 9.17) is 27.9 Å². The van der Waals surface area contributed by atoms with Gasteiger partial charge in [0.15, 0.2) is 6.61 Å². The molecule has 122 valence electrons. The van der Waals surface area contributed by atoms with Crippen LogP contribution in [-0.2, 0) is 4.79 Å². The minimum absolute atomic E-state index is 0.0137. The third-order valence-electron chi connectivity index (χ3n) is 3.32. The van der Waals surface area contributed by atoms with Crippen LogP contribution in [0.3, 0.4) is 0 Å². The van der Waals surface area contributed by atoms with Crippen LogP contribution in [0.5, 0.6) is 5.75 Å². The van der Waals surface area contributed by atoms with E-state index in [9.17, 15) is 4.79 Å². The van der Waals surface area contributed by atoms with E-state index in [0.717, 1.165) is 18.4 Å². The molecule has 23 heavy (non-hydrogen) atoms. The van der Waals surface area contributed by atoms with E-state index in [1.165, 1.54) is 0 Å². The minimum atomic E-state index is -0.177. The summed E-state index contributed by atoms with van der Waals surface area (Å²) < 4.78 is 5.46. The van der Waals surface area contributed by atoms with E-state index in [1.54, 1.807) is 18.2 Å². The lowest BCUT2D eigenvalue weighted by Crippen LogP contribution is -2.32. The van der Waals surface area contributed by atoms with Gasteiger partial charge in [0.05, 0.1) is 6.04 Å². The molecule has 0 fully saturated rings. The number of carbonyl (C=O) groups is 1. The molecule has 0 heterocycles. The van der Waals surface area contributed by atoms with Crippen LogP contribution in [0.1, 0.15) is 31.4 Å². The van der Waals surface area contributed by atoms with E-state index in [-0.39, 0.29) is 18.6 Å². The second-order valence-corrected chi connectivity index (χ2v) is 6.09. The first-order chi connectivity index (χ1) is 11.1. The Morgan fingerprint density at radius 3 is 2.39 bits per heavy atom. The van der Waals surface area contributed by atoms with Crippen molar-refractivity contribution in [3.63, 3.8) is 0 Å². The number of nitrogens with one attached hydrogen (secondary N) is 1. The van der Waals surface area contributed by atoms with Crippen molar-refractivity contribution in [3.05, 3.63) is 64.1 Å². The fraction of sp³-hybridized carbons (Fsp3) is 0.278. The molecule has 1 atom stereocenters. The third-order valence-corrected chi connectivity index (χ3v) is 3.76. The summed E-state index contributed by atoms with van der Waals surface area (Å²) in [5.41, 5.74) is 1.09. The first-order valence-electron chi connectivity index (χ1n) is 7.51. The van der Waals surface area contributed by atoms with Crippen LogP contribution >= 0.6 is 23.2 Å². The molecule has 0 aliphatic rings. The van der Waals surface area contributed by atoms with Crippen molar-refractivity contribution in [1.29, 1.82) is 0 Å². The van der Waals surface area contributed by atoms with Crippen molar-refractivity contribution in [3.8, 4) is 5.75 Å². The molecular formula is C18H19Cl2NO2. The molecule has 0 saturated carbocycles. The second-order valence-electron chi connectivity index (χ2n) is 5.21. The van der Waals surface area contributed by atoms with E-state index >= 15 is 0 Å². The molecule has 0 aliphatic carbocycles. The van der Waals surface area contributed by atoms with Crippen LogP contribution < -0.4 is 10.1 Å².